The molecule has 0 aliphatic rings. The molecule has 11 heteroatoms. The summed E-state index contributed by atoms with van der Waals surface area (Å²) >= 11 is 6.33. The zero-order valence-electron chi connectivity index (χ0n) is 21.3. The van der Waals surface area contributed by atoms with E-state index in [0.29, 0.717) is 28.6 Å². The lowest BCUT2D eigenvalue weighted by Gasteiger charge is -2.31. The lowest BCUT2D eigenvalue weighted by atomic mass is 10.1. The second-order valence-corrected chi connectivity index (χ2v) is 10.6. The van der Waals surface area contributed by atoms with Gasteiger partial charge in [0.15, 0.2) is 11.5 Å². The first-order valence-electron chi connectivity index (χ1n) is 11.5. The summed E-state index contributed by atoms with van der Waals surface area (Å²) in [4.78, 5) is 27.8. The van der Waals surface area contributed by atoms with Crippen molar-refractivity contribution >= 4 is 39.1 Å². The molecule has 2 rings (SSSR count). The van der Waals surface area contributed by atoms with Crippen molar-refractivity contribution in [2.45, 2.75) is 39.3 Å². The van der Waals surface area contributed by atoms with Gasteiger partial charge in [0.1, 0.15) is 12.6 Å². The van der Waals surface area contributed by atoms with Crippen LogP contribution in [0.4, 0.5) is 5.69 Å². The van der Waals surface area contributed by atoms with E-state index in [2.05, 4.69) is 5.32 Å². The number of carbonyl (C=O) groups excluding carboxylic acids is 2. The highest BCUT2D eigenvalue weighted by molar-refractivity contribution is 7.92. The number of amides is 2. The van der Waals surface area contributed by atoms with Crippen LogP contribution in [0.3, 0.4) is 0 Å². The van der Waals surface area contributed by atoms with Gasteiger partial charge in [-0.2, -0.15) is 0 Å². The van der Waals surface area contributed by atoms with E-state index in [-0.39, 0.29) is 18.1 Å². The van der Waals surface area contributed by atoms with Gasteiger partial charge in [-0.25, -0.2) is 8.42 Å². The Morgan fingerprint density at radius 3 is 2.33 bits per heavy atom. The number of halogens is 1. The van der Waals surface area contributed by atoms with E-state index in [0.717, 1.165) is 23.4 Å². The van der Waals surface area contributed by atoms with E-state index < -0.39 is 28.5 Å². The second kappa shape index (κ2) is 13.4. The Balaban J connectivity index is 2.41. The van der Waals surface area contributed by atoms with E-state index in [9.17, 15) is 18.0 Å². The summed E-state index contributed by atoms with van der Waals surface area (Å²) in [7, 11) is -0.973. The van der Waals surface area contributed by atoms with E-state index in [4.69, 9.17) is 21.1 Å². The maximum atomic E-state index is 13.6. The third-order valence-electron chi connectivity index (χ3n) is 5.63. The quantitative estimate of drug-likeness (QED) is 0.391. The minimum atomic E-state index is -3.87. The molecule has 36 heavy (non-hydrogen) atoms. The standard InChI is InChI=1S/C25H34ClN3O6S/c1-6-7-14-27-25(31)18(2)28(16-19-10-8-9-11-21(19)26)24(30)17-29(36(5,32)33)20-12-13-22(34-3)23(15-20)35-4/h8-13,15,18H,6-7,14,16-17H2,1-5H3,(H,27,31)/t18-/m0/s1. The molecule has 2 aromatic carbocycles. The Morgan fingerprint density at radius 1 is 1.08 bits per heavy atom. The number of carbonyl (C=O) groups is 2. The zero-order valence-corrected chi connectivity index (χ0v) is 22.9. The average molecular weight is 540 g/mol. The molecule has 1 atom stereocenters. The maximum Gasteiger partial charge on any atom is 0.244 e. The van der Waals surface area contributed by atoms with E-state index in [1.54, 1.807) is 37.3 Å². The summed E-state index contributed by atoms with van der Waals surface area (Å²) in [6.07, 6.45) is 2.72. The maximum absolute atomic E-state index is 13.6. The number of sulfonamides is 1. The lowest BCUT2D eigenvalue weighted by molar-refractivity contribution is -0.139. The number of nitrogens with zero attached hydrogens (tertiary/aromatic N) is 2. The van der Waals surface area contributed by atoms with Crippen molar-refractivity contribution in [3.8, 4) is 11.5 Å². The fourth-order valence-electron chi connectivity index (χ4n) is 3.52. The smallest absolute Gasteiger partial charge is 0.244 e. The first-order chi connectivity index (χ1) is 17.0. The average Bonchev–Trinajstić information content (AvgIpc) is 2.85. The van der Waals surface area contributed by atoms with Crippen molar-refractivity contribution < 1.29 is 27.5 Å². The summed E-state index contributed by atoms with van der Waals surface area (Å²) in [6, 6.07) is 10.7. The molecule has 0 saturated heterocycles. The molecular formula is C25H34ClN3O6S. The van der Waals surface area contributed by atoms with Crippen LogP contribution in [0.25, 0.3) is 0 Å². The number of ether oxygens (including phenoxy) is 2. The molecule has 0 spiro atoms. The molecule has 0 radical (unpaired) electrons. The first kappa shape index (κ1) is 29.3. The zero-order chi connectivity index (χ0) is 26.9. The minimum Gasteiger partial charge on any atom is -0.493 e. The molecule has 0 saturated carbocycles. The summed E-state index contributed by atoms with van der Waals surface area (Å²) in [5, 5.41) is 3.27. The van der Waals surface area contributed by atoms with Crippen LogP contribution in [0.15, 0.2) is 42.5 Å². The van der Waals surface area contributed by atoms with E-state index in [1.165, 1.54) is 31.3 Å². The highest BCUT2D eigenvalue weighted by atomic mass is 35.5. The molecule has 0 aliphatic carbocycles. The van der Waals surface area contributed by atoms with E-state index >= 15 is 0 Å². The SMILES string of the molecule is CCCCNC(=O)[C@H](C)N(Cc1ccccc1Cl)C(=O)CN(c1ccc(OC)c(OC)c1)S(C)(=O)=O. The Hall–Kier alpha value is -2.98. The predicted octanol–water partition coefficient (Wildman–Crippen LogP) is 3.46. The fraction of sp³-hybridized carbons (Fsp3) is 0.440. The van der Waals surface area contributed by atoms with Gasteiger partial charge >= 0.3 is 0 Å². The molecule has 0 aromatic heterocycles. The van der Waals surface area contributed by atoms with Gasteiger partial charge in [0, 0.05) is 24.2 Å². The van der Waals surface area contributed by atoms with Crippen LogP contribution in [-0.2, 0) is 26.2 Å². The van der Waals surface area contributed by atoms with Crippen LogP contribution in [0, 0.1) is 0 Å². The van der Waals surface area contributed by atoms with Crippen molar-refractivity contribution in [3.05, 3.63) is 53.1 Å². The highest BCUT2D eigenvalue weighted by Crippen LogP contribution is 2.32. The third kappa shape index (κ3) is 7.76. The van der Waals surface area contributed by atoms with Crippen LogP contribution in [-0.4, -0.2) is 64.7 Å². The number of rotatable bonds is 13. The number of hydrogen-bond acceptors (Lipinski definition) is 6. The number of methoxy groups -OCH3 is 2. The van der Waals surface area contributed by atoms with Gasteiger partial charge in [0.2, 0.25) is 21.8 Å². The molecule has 0 fully saturated rings. The fourth-order valence-corrected chi connectivity index (χ4v) is 4.56. The monoisotopic (exact) mass is 539 g/mol. The molecule has 0 unspecified atom stereocenters. The molecular weight excluding hydrogens is 506 g/mol. The summed E-state index contributed by atoms with van der Waals surface area (Å²) in [6.45, 7) is 3.61. The van der Waals surface area contributed by atoms with Crippen LogP contribution >= 0.6 is 11.6 Å². The molecule has 0 heterocycles. The van der Waals surface area contributed by atoms with Crippen molar-refractivity contribution in [3.63, 3.8) is 0 Å². The summed E-state index contributed by atoms with van der Waals surface area (Å²) in [5.74, 6) is -0.166. The lowest BCUT2D eigenvalue weighted by Crippen LogP contribution is -2.51. The number of unbranched alkanes of at least 4 members (excludes halogenated alkanes) is 1. The van der Waals surface area contributed by atoms with E-state index in [1.807, 2.05) is 6.92 Å². The van der Waals surface area contributed by atoms with Gasteiger partial charge in [-0.3, -0.25) is 13.9 Å². The third-order valence-corrected chi connectivity index (χ3v) is 7.14. The summed E-state index contributed by atoms with van der Waals surface area (Å²) in [5.41, 5.74) is 0.860. The predicted molar refractivity (Wildman–Crippen MR) is 141 cm³/mol. The normalized spacial score (nSPS) is 11.9. The Bertz CT molecular complexity index is 1160. The minimum absolute atomic E-state index is 0.0321. The van der Waals surface area contributed by atoms with Crippen LogP contribution in [0.2, 0.25) is 5.02 Å². The molecule has 2 aromatic rings. The molecule has 0 bridgehead atoms. The van der Waals surface area contributed by atoms with Crippen molar-refractivity contribution in [2.24, 2.45) is 0 Å². The van der Waals surface area contributed by atoms with Crippen molar-refractivity contribution in [2.75, 3.05) is 37.9 Å². The Labute approximate surface area is 218 Å². The summed E-state index contributed by atoms with van der Waals surface area (Å²) < 4.78 is 36.9. The molecule has 0 aliphatic heterocycles. The number of hydrogen-bond donors (Lipinski definition) is 1. The van der Waals surface area contributed by atoms with Crippen LogP contribution < -0.4 is 19.1 Å². The molecule has 1 N–H and O–H groups in total. The van der Waals surface area contributed by atoms with Gasteiger partial charge in [0.05, 0.1) is 26.2 Å². The van der Waals surface area contributed by atoms with Crippen LogP contribution in [0.5, 0.6) is 11.5 Å². The largest absolute Gasteiger partial charge is 0.493 e. The van der Waals surface area contributed by atoms with Gasteiger partial charge in [0.25, 0.3) is 0 Å². The molecule has 198 valence electrons. The number of anilines is 1. The van der Waals surface area contributed by atoms with Gasteiger partial charge in [-0.1, -0.05) is 43.1 Å². The number of benzene rings is 2. The topological polar surface area (TPSA) is 105 Å². The first-order valence-corrected chi connectivity index (χ1v) is 13.8. The Morgan fingerprint density at radius 2 is 1.75 bits per heavy atom. The van der Waals surface area contributed by atoms with Crippen molar-refractivity contribution in [1.82, 2.24) is 10.2 Å². The highest BCUT2D eigenvalue weighted by Gasteiger charge is 2.30. The van der Waals surface area contributed by atoms with Gasteiger partial charge < -0.3 is 19.7 Å². The molecule has 9 nitrogen and oxygen atoms in total. The van der Waals surface area contributed by atoms with Gasteiger partial charge in [-0.15, -0.1) is 0 Å². The van der Waals surface area contributed by atoms with Gasteiger partial charge in [-0.05, 0) is 37.1 Å². The molecule has 2 amide bonds. The van der Waals surface area contributed by atoms with Crippen LogP contribution in [0.1, 0.15) is 32.3 Å². The second-order valence-electron chi connectivity index (χ2n) is 8.24. The number of nitrogens with one attached hydrogen (secondary N) is 1. The Kier molecular flexibility index (Phi) is 10.9. The van der Waals surface area contributed by atoms with Crippen molar-refractivity contribution in [1.29, 1.82) is 0 Å².